The van der Waals surface area contributed by atoms with Gasteiger partial charge in [0.1, 0.15) is 0 Å². The van der Waals surface area contributed by atoms with Crippen LogP contribution in [0.25, 0.3) is 0 Å². The number of benzene rings is 2. The lowest BCUT2D eigenvalue weighted by molar-refractivity contribution is 0.0793. The predicted molar refractivity (Wildman–Crippen MR) is 126 cm³/mol. The van der Waals surface area contributed by atoms with Crippen LogP contribution in [0, 0.1) is 0 Å². The maximum absolute atomic E-state index is 13.3. The Morgan fingerprint density at radius 3 is 2.32 bits per heavy atom. The van der Waals surface area contributed by atoms with E-state index in [1.54, 1.807) is 0 Å². The van der Waals surface area contributed by atoms with Gasteiger partial charge < -0.3 is 20.4 Å². The van der Waals surface area contributed by atoms with Gasteiger partial charge in [-0.05, 0) is 68.4 Å². The number of amides is 3. The number of anilines is 3. The minimum atomic E-state index is -0.300. The molecule has 6 heteroatoms. The number of carbonyl (C=O) groups is 2. The number of nitrogens with zero attached hydrogens (tertiary/aromatic N) is 2. The van der Waals surface area contributed by atoms with Gasteiger partial charge >= 0.3 is 6.03 Å². The van der Waals surface area contributed by atoms with Crippen LogP contribution >= 0.6 is 0 Å². The smallest absolute Gasteiger partial charge is 0.323 e. The highest BCUT2D eigenvalue weighted by molar-refractivity contribution is 6.04. The third kappa shape index (κ3) is 5.01. The molecule has 0 aromatic heterocycles. The first-order valence-electron chi connectivity index (χ1n) is 11.5. The van der Waals surface area contributed by atoms with Crippen LogP contribution < -0.4 is 15.5 Å². The fourth-order valence-corrected chi connectivity index (χ4v) is 4.52. The lowest BCUT2D eigenvalue weighted by Crippen LogP contribution is -2.34. The van der Waals surface area contributed by atoms with E-state index < -0.39 is 0 Å². The van der Waals surface area contributed by atoms with Gasteiger partial charge in [0.05, 0.1) is 5.56 Å². The molecule has 2 heterocycles. The maximum atomic E-state index is 13.3. The zero-order chi connectivity index (χ0) is 21.6. The van der Waals surface area contributed by atoms with E-state index in [9.17, 15) is 9.59 Å². The van der Waals surface area contributed by atoms with E-state index in [-0.39, 0.29) is 11.9 Å². The Balaban J connectivity index is 1.55. The van der Waals surface area contributed by atoms with Crippen molar-refractivity contribution in [3.8, 4) is 0 Å². The van der Waals surface area contributed by atoms with Gasteiger partial charge in [0.2, 0.25) is 0 Å². The van der Waals surface area contributed by atoms with Crippen LogP contribution in [0.15, 0.2) is 42.5 Å². The molecule has 0 unspecified atom stereocenters. The maximum Gasteiger partial charge on any atom is 0.323 e. The summed E-state index contributed by atoms with van der Waals surface area (Å²) in [4.78, 5) is 30.2. The Kier molecular flexibility index (Phi) is 6.75. The van der Waals surface area contributed by atoms with Crippen LogP contribution in [-0.4, -0.2) is 43.0 Å². The summed E-state index contributed by atoms with van der Waals surface area (Å²) >= 11 is 0. The van der Waals surface area contributed by atoms with Gasteiger partial charge in [-0.1, -0.05) is 25.1 Å². The van der Waals surface area contributed by atoms with Crippen LogP contribution in [0.5, 0.6) is 0 Å². The lowest BCUT2D eigenvalue weighted by atomic mass is 10.1. The van der Waals surface area contributed by atoms with E-state index in [0.717, 1.165) is 75.2 Å². The van der Waals surface area contributed by atoms with E-state index in [1.165, 1.54) is 6.42 Å². The summed E-state index contributed by atoms with van der Waals surface area (Å²) in [6, 6.07) is 13.2. The molecule has 0 spiro atoms. The molecular formula is C25H32N4O2. The second kappa shape index (κ2) is 9.86. The third-order valence-electron chi connectivity index (χ3n) is 6.22. The normalized spacial score (nSPS) is 16.3. The first-order valence-corrected chi connectivity index (χ1v) is 11.5. The first kappa shape index (κ1) is 21.2. The molecule has 31 heavy (non-hydrogen) atoms. The van der Waals surface area contributed by atoms with Gasteiger partial charge in [-0.2, -0.15) is 0 Å². The van der Waals surface area contributed by atoms with Crippen molar-refractivity contribution in [3.63, 3.8) is 0 Å². The van der Waals surface area contributed by atoms with Gasteiger partial charge in [0.15, 0.2) is 0 Å². The highest BCUT2D eigenvalue weighted by Crippen LogP contribution is 2.29. The second-order valence-electron chi connectivity index (χ2n) is 8.37. The van der Waals surface area contributed by atoms with E-state index in [4.69, 9.17) is 0 Å². The SMILES string of the molecule is CCc1ccccc1NC(=O)Nc1ccc(N2CCCCC2)c(C(=O)N2CCCC2)c1. The molecule has 2 saturated heterocycles. The summed E-state index contributed by atoms with van der Waals surface area (Å²) < 4.78 is 0. The molecule has 0 radical (unpaired) electrons. The number of nitrogens with one attached hydrogen (secondary N) is 2. The average molecular weight is 421 g/mol. The Bertz CT molecular complexity index is 931. The molecule has 0 atom stereocenters. The number of piperidine rings is 1. The van der Waals surface area contributed by atoms with Crippen LogP contribution in [0.2, 0.25) is 0 Å². The number of aryl methyl sites for hydroxylation is 1. The van der Waals surface area contributed by atoms with Gasteiger partial charge in [0.25, 0.3) is 5.91 Å². The monoisotopic (exact) mass is 420 g/mol. The van der Waals surface area contributed by atoms with Crippen LogP contribution in [-0.2, 0) is 6.42 Å². The highest BCUT2D eigenvalue weighted by atomic mass is 16.2. The molecule has 2 aromatic rings. The second-order valence-corrected chi connectivity index (χ2v) is 8.37. The largest absolute Gasteiger partial charge is 0.371 e. The van der Waals surface area contributed by atoms with E-state index >= 15 is 0 Å². The number of para-hydroxylation sites is 1. The summed E-state index contributed by atoms with van der Waals surface area (Å²) in [5, 5.41) is 5.85. The summed E-state index contributed by atoms with van der Waals surface area (Å²) in [5.41, 5.74) is 4.20. The zero-order valence-electron chi connectivity index (χ0n) is 18.3. The first-order chi connectivity index (χ1) is 15.2. The van der Waals surface area contributed by atoms with Crippen molar-refractivity contribution < 1.29 is 9.59 Å². The Hall–Kier alpha value is -3.02. The number of carbonyl (C=O) groups excluding carboxylic acids is 2. The van der Waals surface area contributed by atoms with Crippen molar-refractivity contribution in [2.24, 2.45) is 0 Å². The summed E-state index contributed by atoms with van der Waals surface area (Å²) in [7, 11) is 0. The molecule has 4 rings (SSSR count). The minimum Gasteiger partial charge on any atom is -0.371 e. The van der Waals surface area contributed by atoms with Gasteiger partial charge in [0, 0.05) is 43.2 Å². The summed E-state index contributed by atoms with van der Waals surface area (Å²) in [6.45, 7) is 5.63. The number of likely N-dealkylation sites (tertiary alicyclic amines) is 1. The van der Waals surface area contributed by atoms with Crippen molar-refractivity contribution in [1.29, 1.82) is 0 Å². The molecule has 2 aliphatic rings. The molecule has 164 valence electrons. The molecule has 2 aliphatic heterocycles. The molecule has 2 aromatic carbocycles. The molecule has 3 amide bonds. The highest BCUT2D eigenvalue weighted by Gasteiger charge is 2.25. The van der Waals surface area contributed by atoms with E-state index in [1.807, 2.05) is 47.4 Å². The number of hydrogen-bond acceptors (Lipinski definition) is 3. The third-order valence-corrected chi connectivity index (χ3v) is 6.22. The zero-order valence-corrected chi connectivity index (χ0v) is 18.3. The number of hydrogen-bond donors (Lipinski definition) is 2. The van der Waals surface area contributed by atoms with Crippen molar-refractivity contribution >= 4 is 29.0 Å². The van der Waals surface area contributed by atoms with E-state index in [0.29, 0.717) is 11.3 Å². The molecule has 0 aliphatic carbocycles. The minimum absolute atomic E-state index is 0.0680. The van der Waals surface area contributed by atoms with Crippen LogP contribution in [0.1, 0.15) is 54.9 Å². The van der Waals surface area contributed by atoms with Crippen molar-refractivity contribution in [2.45, 2.75) is 45.4 Å². The van der Waals surface area contributed by atoms with Crippen molar-refractivity contribution in [3.05, 3.63) is 53.6 Å². The van der Waals surface area contributed by atoms with Gasteiger partial charge in [-0.25, -0.2) is 4.79 Å². The standard InChI is InChI=1S/C25H32N4O2/c1-2-19-10-4-5-11-22(19)27-25(31)26-20-12-13-23(28-14-6-3-7-15-28)21(18-20)24(30)29-16-8-9-17-29/h4-5,10-13,18H,2-3,6-9,14-17H2,1H3,(H2,26,27,31). The topological polar surface area (TPSA) is 64.7 Å². The molecule has 6 nitrogen and oxygen atoms in total. The quantitative estimate of drug-likeness (QED) is 0.706. The van der Waals surface area contributed by atoms with Crippen molar-refractivity contribution in [2.75, 3.05) is 41.7 Å². The Labute approximate surface area is 184 Å². The molecule has 2 fully saturated rings. The number of rotatable bonds is 5. The lowest BCUT2D eigenvalue weighted by Gasteiger charge is -2.31. The average Bonchev–Trinajstić information content (AvgIpc) is 3.34. The fraction of sp³-hybridized carbons (Fsp3) is 0.440. The molecule has 0 bridgehead atoms. The number of urea groups is 1. The molecule has 2 N–H and O–H groups in total. The Morgan fingerprint density at radius 1 is 0.871 bits per heavy atom. The van der Waals surface area contributed by atoms with Gasteiger partial charge in [-0.3, -0.25) is 4.79 Å². The predicted octanol–water partition coefficient (Wildman–Crippen LogP) is 5.12. The van der Waals surface area contributed by atoms with Crippen LogP contribution in [0.4, 0.5) is 21.9 Å². The van der Waals surface area contributed by atoms with E-state index in [2.05, 4.69) is 22.5 Å². The Morgan fingerprint density at radius 2 is 1.58 bits per heavy atom. The summed E-state index contributed by atoms with van der Waals surface area (Å²) in [5.74, 6) is 0.0680. The van der Waals surface area contributed by atoms with Gasteiger partial charge in [-0.15, -0.1) is 0 Å². The molecule has 0 saturated carbocycles. The van der Waals surface area contributed by atoms with Crippen molar-refractivity contribution in [1.82, 2.24) is 4.90 Å². The fourth-order valence-electron chi connectivity index (χ4n) is 4.52. The van der Waals surface area contributed by atoms with Crippen LogP contribution in [0.3, 0.4) is 0 Å². The molecular weight excluding hydrogens is 388 g/mol. The summed E-state index contributed by atoms with van der Waals surface area (Å²) in [6.07, 6.45) is 6.50.